The monoisotopic (exact) mass is 290 g/mol. The van der Waals surface area contributed by atoms with Gasteiger partial charge in [-0.1, -0.05) is 12.1 Å². The Kier molecular flexibility index (Phi) is 3.38. The fraction of sp³-hybridized carbons (Fsp3) is 0.438. The van der Waals surface area contributed by atoms with E-state index in [2.05, 4.69) is 13.8 Å². The summed E-state index contributed by atoms with van der Waals surface area (Å²) in [5, 5.41) is 1.08. The third kappa shape index (κ3) is 2.27. The van der Waals surface area contributed by atoms with Crippen molar-refractivity contribution in [2.45, 2.75) is 44.6 Å². The third-order valence-electron chi connectivity index (χ3n) is 4.10. The van der Waals surface area contributed by atoms with Crippen LogP contribution in [0.25, 0.3) is 0 Å². The number of halogens is 1. The lowest BCUT2D eigenvalue weighted by molar-refractivity contribution is 0.555. The molecule has 0 spiro atoms. The van der Waals surface area contributed by atoms with Gasteiger partial charge >= 0.3 is 0 Å². The molecule has 0 fully saturated rings. The van der Waals surface area contributed by atoms with Crippen LogP contribution in [0.5, 0.6) is 0 Å². The molecule has 0 aliphatic heterocycles. The van der Waals surface area contributed by atoms with Crippen LogP contribution in [-0.2, 0) is 11.8 Å². The van der Waals surface area contributed by atoms with Gasteiger partial charge in [0, 0.05) is 16.3 Å². The van der Waals surface area contributed by atoms with Crippen LogP contribution in [0.4, 0.5) is 4.39 Å². The molecule has 1 aliphatic carbocycles. The van der Waals surface area contributed by atoms with E-state index in [0.29, 0.717) is 0 Å². The van der Waals surface area contributed by atoms with Gasteiger partial charge in [-0.3, -0.25) is 0 Å². The Morgan fingerprint density at radius 3 is 2.65 bits per heavy atom. The lowest BCUT2D eigenvalue weighted by Gasteiger charge is -2.22. The molecule has 1 heterocycles. The largest absolute Gasteiger partial charge is 0.323 e. The molecule has 106 valence electrons. The summed E-state index contributed by atoms with van der Waals surface area (Å²) in [6, 6.07) is 6.78. The van der Waals surface area contributed by atoms with Crippen molar-refractivity contribution in [3.63, 3.8) is 0 Å². The summed E-state index contributed by atoms with van der Waals surface area (Å²) in [5.74, 6) is -0.204. The molecule has 1 unspecified atom stereocenters. The first-order valence-corrected chi connectivity index (χ1v) is 7.82. The van der Waals surface area contributed by atoms with Crippen molar-refractivity contribution >= 4 is 11.3 Å². The first-order valence-electron chi connectivity index (χ1n) is 7.00. The van der Waals surface area contributed by atoms with Crippen LogP contribution in [0.2, 0.25) is 0 Å². The second kappa shape index (κ2) is 4.93. The molecule has 20 heavy (non-hydrogen) atoms. The minimum atomic E-state index is -0.213. The van der Waals surface area contributed by atoms with Gasteiger partial charge in [0.2, 0.25) is 0 Å². The van der Waals surface area contributed by atoms with Crippen LogP contribution in [0.15, 0.2) is 24.3 Å². The maximum absolute atomic E-state index is 13.1. The molecule has 3 rings (SSSR count). The molecular formula is C16H19FN2S. The van der Waals surface area contributed by atoms with Crippen molar-refractivity contribution in [3.8, 4) is 0 Å². The standard InChI is InChI=1S/C16H19FN2S/c1-16(2,10-6-8-11(17)9-7-10)15-19-14-12(18)4-3-5-13(14)20-15/h6-9,12H,3-5,18H2,1-2H3. The molecule has 0 bridgehead atoms. The van der Waals surface area contributed by atoms with E-state index in [0.717, 1.165) is 35.5 Å². The number of fused-ring (bicyclic) bond motifs is 1. The van der Waals surface area contributed by atoms with E-state index in [1.165, 1.54) is 17.0 Å². The van der Waals surface area contributed by atoms with Crippen molar-refractivity contribution in [1.82, 2.24) is 4.98 Å². The van der Waals surface area contributed by atoms with Gasteiger partial charge in [-0.2, -0.15) is 0 Å². The quantitative estimate of drug-likeness (QED) is 0.909. The van der Waals surface area contributed by atoms with Crippen LogP contribution in [0.3, 0.4) is 0 Å². The Morgan fingerprint density at radius 2 is 2.00 bits per heavy atom. The molecule has 0 saturated carbocycles. The summed E-state index contributed by atoms with van der Waals surface area (Å²) in [4.78, 5) is 6.13. The van der Waals surface area contributed by atoms with Gasteiger partial charge in [-0.05, 0) is 50.8 Å². The highest BCUT2D eigenvalue weighted by atomic mass is 32.1. The number of aryl methyl sites for hydroxylation is 1. The van der Waals surface area contributed by atoms with Crippen molar-refractivity contribution in [1.29, 1.82) is 0 Å². The summed E-state index contributed by atoms with van der Waals surface area (Å²) in [5.41, 5.74) is 8.10. The SMILES string of the molecule is CC(C)(c1ccc(F)cc1)c1nc2c(s1)CCCC2N. The molecule has 2 aromatic rings. The van der Waals surface area contributed by atoms with Crippen LogP contribution < -0.4 is 5.73 Å². The van der Waals surface area contributed by atoms with E-state index in [-0.39, 0.29) is 17.3 Å². The molecule has 4 heteroatoms. The average Bonchev–Trinajstić information content (AvgIpc) is 2.85. The molecule has 1 aliphatic rings. The van der Waals surface area contributed by atoms with Gasteiger partial charge in [0.1, 0.15) is 10.8 Å². The maximum Gasteiger partial charge on any atom is 0.123 e. The predicted molar refractivity (Wildman–Crippen MR) is 80.5 cm³/mol. The minimum absolute atomic E-state index is 0.0766. The first kappa shape index (κ1) is 13.7. The fourth-order valence-electron chi connectivity index (χ4n) is 2.71. The van der Waals surface area contributed by atoms with E-state index in [1.807, 2.05) is 12.1 Å². The highest BCUT2D eigenvalue weighted by molar-refractivity contribution is 7.12. The van der Waals surface area contributed by atoms with Gasteiger partial charge in [0.05, 0.1) is 5.69 Å². The second-order valence-electron chi connectivity index (χ2n) is 5.96. The number of aromatic nitrogens is 1. The summed E-state index contributed by atoms with van der Waals surface area (Å²) in [6.45, 7) is 4.27. The van der Waals surface area contributed by atoms with E-state index < -0.39 is 0 Å². The Balaban J connectivity index is 2.01. The fourth-order valence-corrected chi connectivity index (χ4v) is 4.01. The molecule has 1 aromatic heterocycles. The summed E-state index contributed by atoms with van der Waals surface area (Å²) in [7, 11) is 0. The highest BCUT2D eigenvalue weighted by Gasteiger charge is 2.30. The van der Waals surface area contributed by atoms with E-state index >= 15 is 0 Å². The third-order valence-corrected chi connectivity index (χ3v) is 5.55. The average molecular weight is 290 g/mol. The van der Waals surface area contributed by atoms with Crippen molar-refractivity contribution in [3.05, 3.63) is 51.2 Å². The van der Waals surface area contributed by atoms with Gasteiger partial charge in [-0.25, -0.2) is 9.37 Å². The van der Waals surface area contributed by atoms with E-state index in [4.69, 9.17) is 10.7 Å². The number of benzene rings is 1. The summed E-state index contributed by atoms with van der Waals surface area (Å²) >= 11 is 1.76. The number of nitrogens with zero attached hydrogens (tertiary/aromatic N) is 1. The lowest BCUT2D eigenvalue weighted by Crippen LogP contribution is -2.20. The van der Waals surface area contributed by atoms with Gasteiger partial charge in [-0.15, -0.1) is 11.3 Å². The van der Waals surface area contributed by atoms with Gasteiger partial charge in [0.25, 0.3) is 0 Å². The Labute approximate surface area is 122 Å². The zero-order valence-corrected chi connectivity index (χ0v) is 12.6. The minimum Gasteiger partial charge on any atom is -0.323 e. The normalized spacial score (nSPS) is 18.9. The number of hydrogen-bond donors (Lipinski definition) is 1. The van der Waals surface area contributed by atoms with Gasteiger partial charge in [0.15, 0.2) is 0 Å². The number of rotatable bonds is 2. The smallest absolute Gasteiger partial charge is 0.123 e. The Hall–Kier alpha value is -1.26. The van der Waals surface area contributed by atoms with E-state index in [9.17, 15) is 4.39 Å². The number of nitrogens with two attached hydrogens (primary N) is 1. The molecule has 2 nitrogen and oxygen atoms in total. The number of thiazole rings is 1. The van der Waals surface area contributed by atoms with Crippen LogP contribution in [0, 0.1) is 5.82 Å². The molecule has 0 saturated heterocycles. The molecule has 1 atom stereocenters. The van der Waals surface area contributed by atoms with Gasteiger partial charge < -0.3 is 5.73 Å². The van der Waals surface area contributed by atoms with Crippen LogP contribution in [-0.4, -0.2) is 4.98 Å². The number of hydrogen-bond acceptors (Lipinski definition) is 3. The highest BCUT2D eigenvalue weighted by Crippen LogP contribution is 2.39. The second-order valence-corrected chi connectivity index (χ2v) is 7.04. The van der Waals surface area contributed by atoms with Crippen LogP contribution >= 0.6 is 11.3 Å². The summed E-state index contributed by atoms with van der Waals surface area (Å²) < 4.78 is 13.1. The zero-order valence-electron chi connectivity index (χ0n) is 11.8. The van der Waals surface area contributed by atoms with Crippen LogP contribution in [0.1, 0.15) is 53.9 Å². The molecule has 2 N–H and O–H groups in total. The summed E-state index contributed by atoms with van der Waals surface area (Å²) in [6.07, 6.45) is 3.25. The predicted octanol–water partition coefficient (Wildman–Crippen LogP) is 3.94. The Morgan fingerprint density at radius 1 is 1.30 bits per heavy atom. The molecule has 1 aromatic carbocycles. The van der Waals surface area contributed by atoms with E-state index in [1.54, 1.807) is 11.3 Å². The zero-order chi connectivity index (χ0) is 14.3. The van der Waals surface area contributed by atoms with Crippen molar-refractivity contribution < 1.29 is 4.39 Å². The topological polar surface area (TPSA) is 38.9 Å². The first-order chi connectivity index (χ1) is 9.48. The maximum atomic E-state index is 13.1. The molecule has 0 radical (unpaired) electrons. The molecular weight excluding hydrogens is 271 g/mol. The van der Waals surface area contributed by atoms with Crippen molar-refractivity contribution in [2.24, 2.45) is 5.73 Å². The molecule has 0 amide bonds. The van der Waals surface area contributed by atoms with Crippen molar-refractivity contribution in [2.75, 3.05) is 0 Å². The lowest BCUT2D eigenvalue weighted by atomic mass is 9.85. The Bertz CT molecular complexity index is 616.